The van der Waals surface area contributed by atoms with Crippen LogP contribution in [0.3, 0.4) is 0 Å². The van der Waals surface area contributed by atoms with Crippen molar-refractivity contribution < 1.29 is 9.59 Å². The van der Waals surface area contributed by atoms with E-state index < -0.39 is 11.4 Å². The van der Waals surface area contributed by atoms with Crippen molar-refractivity contribution in [3.05, 3.63) is 17.0 Å². The minimum Gasteiger partial charge on any atom is -0.368 e. The molecule has 0 spiro atoms. The molecule has 2 rings (SSSR count). The van der Waals surface area contributed by atoms with Crippen LogP contribution in [0.4, 0.5) is 0 Å². The second-order valence-corrected chi connectivity index (χ2v) is 5.97. The summed E-state index contributed by atoms with van der Waals surface area (Å²) >= 11 is 0. The summed E-state index contributed by atoms with van der Waals surface area (Å²) in [5, 5.41) is 7.21. The van der Waals surface area contributed by atoms with Crippen molar-refractivity contribution in [2.75, 3.05) is 0 Å². The fraction of sp³-hybridized carbons (Fsp3) is 0.667. The molecule has 2 amide bonds. The number of hydrogen-bond donors (Lipinski definition) is 2. The predicted octanol–water partition coefficient (Wildman–Crippen LogP) is 0.884. The van der Waals surface area contributed by atoms with Crippen molar-refractivity contribution in [1.82, 2.24) is 15.1 Å². The lowest BCUT2D eigenvalue weighted by Gasteiger charge is -2.26. The van der Waals surface area contributed by atoms with Crippen LogP contribution in [0.1, 0.15) is 49.1 Å². The number of hydrogen-bond acceptors (Lipinski definition) is 3. The van der Waals surface area contributed by atoms with Crippen molar-refractivity contribution in [3.63, 3.8) is 0 Å². The lowest BCUT2D eigenvalue weighted by Crippen LogP contribution is -2.55. The molecule has 1 aliphatic rings. The first-order valence-electron chi connectivity index (χ1n) is 7.46. The number of rotatable bonds is 5. The minimum absolute atomic E-state index is 0.113. The quantitative estimate of drug-likeness (QED) is 0.844. The van der Waals surface area contributed by atoms with Gasteiger partial charge in [-0.2, -0.15) is 5.10 Å². The second-order valence-electron chi connectivity index (χ2n) is 5.97. The molecule has 1 heterocycles. The molecular weight excluding hydrogens is 268 g/mol. The third-order valence-corrected chi connectivity index (χ3v) is 4.57. The first kappa shape index (κ1) is 15.5. The normalized spacial score (nSPS) is 16.9. The van der Waals surface area contributed by atoms with Gasteiger partial charge in [0.05, 0.1) is 5.69 Å². The largest absolute Gasteiger partial charge is 0.368 e. The van der Waals surface area contributed by atoms with Gasteiger partial charge in [0, 0.05) is 19.2 Å². The highest BCUT2D eigenvalue weighted by Gasteiger charge is 2.40. The van der Waals surface area contributed by atoms with Gasteiger partial charge in [-0.25, -0.2) is 0 Å². The molecule has 116 valence electrons. The average molecular weight is 292 g/mol. The summed E-state index contributed by atoms with van der Waals surface area (Å²) in [6, 6.07) is 0. The average Bonchev–Trinajstić information content (AvgIpc) is 2.96. The highest BCUT2D eigenvalue weighted by atomic mass is 16.2. The zero-order chi connectivity index (χ0) is 15.6. The highest BCUT2D eigenvalue weighted by molar-refractivity contribution is 5.90. The van der Waals surface area contributed by atoms with E-state index in [2.05, 4.69) is 10.4 Å². The molecule has 6 nitrogen and oxygen atoms in total. The summed E-state index contributed by atoms with van der Waals surface area (Å²) < 4.78 is 1.82. The molecule has 21 heavy (non-hydrogen) atoms. The molecule has 0 saturated heterocycles. The minimum atomic E-state index is -0.823. The maximum atomic E-state index is 12.2. The number of carbonyl (C=O) groups excluding carboxylic acids is 2. The number of nitrogens with one attached hydrogen (secondary N) is 1. The second kappa shape index (κ2) is 5.87. The van der Waals surface area contributed by atoms with Gasteiger partial charge in [-0.3, -0.25) is 14.3 Å². The number of nitrogens with zero attached hydrogens (tertiary/aromatic N) is 2. The van der Waals surface area contributed by atoms with Gasteiger partial charge < -0.3 is 11.1 Å². The molecule has 1 fully saturated rings. The van der Waals surface area contributed by atoms with Crippen LogP contribution in [0.25, 0.3) is 0 Å². The van der Waals surface area contributed by atoms with Gasteiger partial charge >= 0.3 is 0 Å². The van der Waals surface area contributed by atoms with E-state index in [9.17, 15) is 9.59 Å². The molecule has 0 radical (unpaired) electrons. The maximum absolute atomic E-state index is 12.2. The molecule has 0 bridgehead atoms. The Morgan fingerprint density at radius 2 is 1.95 bits per heavy atom. The van der Waals surface area contributed by atoms with Gasteiger partial charge in [-0.15, -0.1) is 0 Å². The van der Waals surface area contributed by atoms with E-state index in [0.717, 1.165) is 29.8 Å². The molecule has 0 aromatic carbocycles. The Balaban J connectivity index is 1.97. The van der Waals surface area contributed by atoms with Crippen LogP contribution in [-0.4, -0.2) is 27.1 Å². The van der Waals surface area contributed by atoms with E-state index in [1.807, 2.05) is 25.6 Å². The Morgan fingerprint density at radius 1 is 1.33 bits per heavy atom. The van der Waals surface area contributed by atoms with E-state index in [1.165, 1.54) is 0 Å². The van der Waals surface area contributed by atoms with Crippen molar-refractivity contribution in [3.8, 4) is 0 Å². The fourth-order valence-electron chi connectivity index (χ4n) is 3.16. The lowest BCUT2D eigenvalue weighted by molar-refractivity contribution is -0.131. The van der Waals surface area contributed by atoms with Gasteiger partial charge in [-0.1, -0.05) is 12.8 Å². The van der Waals surface area contributed by atoms with Crippen LogP contribution in [-0.2, 0) is 23.1 Å². The molecule has 3 N–H and O–H groups in total. The molecular formula is C15H24N4O2. The Kier molecular flexibility index (Phi) is 4.34. The van der Waals surface area contributed by atoms with Gasteiger partial charge in [0.15, 0.2) is 0 Å². The van der Waals surface area contributed by atoms with Gasteiger partial charge in [0.25, 0.3) is 0 Å². The van der Waals surface area contributed by atoms with Crippen molar-refractivity contribution in [2.24, 2.45) is 12.8 Å². The smallest absolute Gasteiger partial charge is 0.243 e. The molecule has 0 aliphatic heterocycles. The molecule has 0 unspecified atom stereocenters. The molecule has 6 heteroatoms. The van der Waals surface area contributed by atoms with Gasteiger partial charge in [0.1, 0.15) is 5.54 Å². The summed E-state index contributed by atoms with van der Waals surface area (Å²) in [6.45, 7) is 3.94. The highest BCUT2D eigenvalue weighted by Crippen LogP contribution is 2.29. The SMILES string of the molecule is Cc1nn(C)c(C)c1CCC(=O)NC1(C(N)=O)CCCC1. The summed E-state index contributed by atoms with van der Waals surface area (Å²) in [5.41, 5.74) is 7.78. The van der Waals surface area contributed by atoms with E-state index in [1.54, 1.807) is 0 Å². The summed E-state index contributed by atoms with van der Waals surface area (Å²) in [5.74, 6) is -0.527. The molecule has 1 aliphatic carbocycles. The topological polar surface area (TPSA) is 90.0 Å². The van der Waals surface area contributed by atoms with Gasteiger partial charge in [0.2, 0.25) is 11.8 Å². The monoisotopic (exact) mass is 292 g/mol. The zero-order valence-corrected chi connectivity index (χ0v) is 13.0. The predicted molar refractivity (Wildman–Crippen MR) is 79.5 cm³/mol. The first-order valence-corrected chi connectivity index (χ1v) is 7.46. The Hall–Kier alpha value is -1.85. The van der Waals surface area contributed by atoms with Crippen LogP contribution >= 0.6 is 0 Å². The summed E-state index contributed by atoms with van der Waals surface area (Å²) in [7, 11) is 1.90. The van der Waals surface area contributed by atoms with Crippen LogP contribution in [0.2, 0.25) is 0 Å². The van der Waals surface area contributed by atoms with Crippen LogP contribution in [0.5, 0.6) is 0 Å². The Morgan fingerprint density at radius 3 is 2.43 bits per heavy atom. The van der Waals surface area contributed by atoms with Crippen molar-refractivity contribution >= 4 is 11.8 Å². The van der Waals surface area contributed by atoms with E-state index in [-0.39, 0.29) is 5.91 Å². The first-order chi connectivity index (χ1) is 9.85. The lowest BCUT2D eigenvalue weighted by atomic mass is 9.96. The molecule has 1 aromatic heterocycles. The number of aromatic nitrogens is 2. The standard InChI is InChI=1S/C15H24N4O2/c1-10-12(11(2)19(3)18-10)6-7-13(20)17-15(14(16)21)8-4-5-9-15/h4-9H2,1-3H3,(H2,16,21)(H,17,20). The molecule has 1 saturated carbocycles. The number of amides is 2. The molecule has 1 aromatic rings. The third kappa shape index (κ3) is 3.09. The number of aryl methyl sites for hydroxylation is 2. The van der Waals surface area contributed by atoms with Crippen LogP contribution < -0.4 is 11.1 Å². The zero-order valence-electron chi connectivity index (χ0n) is 13.0. The fourth-order valence-corrected chi connectivity index (χ4v) is 3.16. The van der Waals surface area contributed by atoms with Crippen LogP contribution in [0.15, 0.2) is 0 Å². The van der Waals surface area contributed by atoms with Crippen molar-refractivity contribution in [1.29, 1.82) is 0 Å². The van der Waals surface area contributed by atoms with E-state index in [0.29, 0.717) is 25.7 Å². The Bertz CT molecular complexity index is 556. The number of primary amides is 1. The summed E-state index contributed by atoms with van der Waals surface area (Å²) in [4.78, 5) is 23.8. The number of nitrogens with two attached hydrogens (primary N) is 1. The van der Waals surface area contributed by atoms with E-state index >= 15 is 0 Å². The third-order valence-electron chi connectivity index (χ3n) is 4.57. The van der Waals surface area contributed by atoms with Crippen molar-refractivity contribution in [2.45, 2.75) is 57.9 Å². The van der Waals surface area contributed by atoms with E-state index in [4.69, 9.17) is 5.73 Å². The maximum Gasteiger partial charge on any atom is 0.243 e. The number of carbonyl (C=O) groups is 2. The van der Waals surface area contributed by atoms with Gasteiger partial charge in [-0.05, 0) is 38.7 Å². The van der Waals surface area contributed by atoms with Crippen LogP contribution in [0, 0.1) is 13.8 Å². The Labute approximate surface area is 125 Å². The summed E-state index contributed by atoms with van der Waals surface area (Å²) in [6.07, 6.45) is 4.15. The molecule has 0 atom stereocenters.